The summed E-state index contributed by atoms with van der Waals surface area (Å²) in [6.07, 6.45) is 0. The molecule has 3 aromatic carbocycles. The summed E-state index contributed by atoms with van der Waals surface area (Å²) in [4.78, 5) is 24.3. The average molecular weight is 374 g/mol. The van der Waals surface area contributed by atoms with E-state index in [4.69, 9.17) is 0 Å². The molecule has 0 aliphatic carbocycles. The molecule has 1 unspecified atom stereocenters. The van der Waals surface area contributed by atoms with Gasteiger partial charge in [0.15, 0.2) is 0 Å². The van der Waals surface area contributed by atoms with E-state index in [1.807, 2.05) is 60.7 Å². The summed E-state index contributed by atoms with van der Waals surface area (Å²) in [5.74, 6) is -0.299. The maximum atomic E-state index is 12.3. The molecule has 0 saturated carbocycles. The van der Waals surface area contributed by atoms with E-state index in [9.17, 15) is 9.59 Å². The summed E-state index contributed by atoms with van der Waals surface area (Å²) in [5, 5.41) is 11.4. The molecule has 0 aliphatic heterocycles. The Bertz CT molecular complexity index is 912. The van der Waals surface area contributed by atoms with E-state index >= 15 is 0 Å². The highest BCUT2D eigenvalue weighted by molar-refractivity contribution is 5.99. The van der Waals surface area contributed by atoms with E-state index in [-0.39, 0.29) is 5.91 Å². The number of urea groups is 1. The van der Waals surface area contributed by atoms with Gasteiger partial charge >= 0.3 is 6.03 Å². The van der Waals surface area contributed by atoms with Gasteiger partial charge in [0, 0.05) is 22.7 Å². The molecule has 142 valence electrons. The first-order chi connectivity index (χ1) is 13.6. The molecular weight excluding hydrogens is 352 g/mol. The third-order valence-electron chi connectivity index (χ3n) is 3.99. The van der Waals surface area contributed by atoms with Crippen LogP contribution in [0.4, 0.5) is 27.5 Å². The topological polar surface area (TPSA) is 82.3 Å². The highest BCUT2D eigenvalue weighted by atomic mass is 16.2. The highest BCUT2D eigenvalue weighted by Crippen LogP contribution is 2.18. The molecule has 0 heterocycles. The minimum absolute atomic E-state index is 0.299. The largest absolute Gasteiger partial charge is 0.356 e. The number of amides is 3. The molecule has 0 bridgehead atoms. The Morgan fingerprint density at radius 2 is 1.11 bits per heavy atom. The second-order valence-electron chi connectivity index (χ2n) is 6.24. The first-order valence-corrected chi connectivity index (χ1v) is 8.96. The smallest absolute Gasteiger partial charge is 0.319 e. The van der Waals surface area contributed by atoms with Crippen molar-refractivity contribution >= 4 is 34.7 Å². The van der Waals surface area contributed by atoms with Crippen LogP contribution in [0.2, 0.25) is 0 Å². The van der Waals surface area contributed by atoms with Gasteiger partial charge in [-0.1, -0.05) is 36.4 Å². The van der Waals surface area contributed by atoms with Crippen LogP contribution in [0.3, 0.4) is 0 Å². The fraction of sp³-hybridized carbons (Fsp3) is 0.0909. The summed E-state index contributed by atoms with van der Waals surface area (Å²) >= 11 is 0. The normalized spacial score (nSPS) is 11.2. The van der Waals surface area contributed by atoms with Crippen LogP contribution in [0, 0.1) is 0 Å². The summed E-state index contributed by atoms with van der Waals surface area (Å²) in [7, 11) is 0. The molecule has 6 heteroatoms. The van der Waals surface area contributed by atoms with Crippen LogP contribution in [0.1, 0.15) is 6.92 Å². The molecule has 3 amide bonds. The van der Waals surface area contributed by atoms with Gasteiger partial charge in [-0.3, -0.25) is 4.79 Å². The molecule has 0 fully saturated rings. The summed E-state index contributed by atoms with van der Waals surface area (Å²) in [6, 6.07) is 25.1. The van der Waals surface area contributed by atoms with Crippen molar-refractivity contribution in [1.82, 2.24) is 5.32 Å². The third-order valence-corrected chi connectivity index (χ3v) is 3.99. The summed E-state index contributed by atoms with van der Waals surface area (Å²) < 4.78 is 0. The Kier molecular flexibility index (Phi) is 6.25. The third kappa shape index (κ3) is 5.60. The van der Waals surface area contributed by atoms with Gasteiger partial charge < -0.3 is 21.3 Å². The predicted octanol–water partition coefficient (Wildman–Crippen LogP) is 4.58. The van der Waals surface area contributed by atoms with Crippen molar-refractivity contribution in [2.24, 2.45) is 0 Å². The van der Waals surface area contributed by atoms with E-state index in [0.717, 1.165) is 11.4 Å². The zero-order valence-corrected chi connectivity index (χ0v) is 15.5. The van der Waals surface area contributed by atoms with Crippen LogP contribution in [0.25, 0.3) is 0 Å². The zero-order valence-electron chi connectivity index (χ0n) is 15.5. The van der Waals surface area contributed by atoms with Crippen molar-refractivity contribution in [2.75, 3.05) is 16.0 Å². The van der Waals surface area contributed by atoms with E-state index in [1.165, 1.54) is 0 Å². The Morgan fingerprint density at radius 1 is 0.643 bits per heavy atom. The number of anilines is 4. The Labute approximate surface area is 164 Å². The predicted molar refractivity (Wildman–Crippen MR) is 113 cm³/mol. The van der Waals surface area contributed by atoms with Gasteiger partial charge in [0.1, 0.15) is 6.04 Å². The monoisotopic (exact) mass is 374 g/mol. The highest BCUT2D eigenvalue weighted by Gasteiger charge is 2.15. The Balaban J connectivity index is 1.50. The van der Waals surface area contributed by atoms with Gasteiger partial charge in [-0.05, 0) is 55.5 Å². The molecule has 0 saturated heterocycles. The second-order valence-corrected chi connectivity index (χ2v) is 6.24. The molecule has 28 heavy (non-hydrogen) atoms. The van der Waals surface area contributed by atoms with E-state index in [1.54, 1.807) is 31.2 Å². The standard InChI is InChI=1S/C22H22N4O2/c1-16(23-22(28)26-18-10-6-3-7-11-18)21(27)25-20-14-12-19(13-15-20)24-17-8-4-2-5-9-17/h2-16,24H,1H3,(H,25,27)(H2,23,26,28). The van der Waals surface area contributed by atoms with Crippen LogP contribution >= 0.6 is 0 Å². The van der Waals surface area contributed by atoms with E-state index in [0.29, 0.717) is 11.4 Å². The van der Waals surface area contributed by atoms with Crippen LogP contribution in [-0.2, 0) is 4.79 Å². The quantitative estimate of drug-likeness (QED) is 0.510. The van der Waals surface area contributed by atoms with Crippen LogP contribution in [0.5, 0.6) is 0 Å². The van der Waals surface area contributed by atoms with Crippen LogP contribution in [-0.4, -0.2) is 18.0 Å². The number of hydrogen-bond donors (Lipinski definition) is 4. The maximum absolute atomic E-state index is 12.3. The van der Waals surface area contributed by atoms with Crippen molar-refractivity contribution in [3.05, 3.63) is 84.9 Å². The number of carbonyl (C=O) groups is 2. The number of nitrogens with one attached hydrogen (secondary N) is 4. The van der Waals surface area contributed by atoms with Crippen molar-refractivity contribution in [2.45, 2.75) is 13.0 Å². The number of para-hydroxylation sites is 2. The molecule has 0 radical (unpaired) electrons. The van der Waals surface area contributed by atoms with Gasteiger partial charge in [0.25, 0.3) is 0 Å². The molecule has 3 rings (SSSR count). The minimum Gasteiger partial charge on any atom is -0.356 e. The fourth-order valence-corrected chi connectivity index (χ4v) is 2.53. The molecule has 6 nitrogen and oxygen atoms in total. The van der Waals surface area contributed by atoms with Gasteiger partial charge in [-0.15, -0.1) is 0 Å². The average Bonchev–Trinajstić information content (AvgIpc) is 2.71. The SMILES string of the molecule is CC(NC(=O)Nc1ccccc1)C(=O)Nc1ccc(Nc2ccccc2)cc1. The summed E-state index contributed by atoms with van der Waals surface area (Å²) in [5.41, 5.74) is 3.22. The Hall–Kier alpha value is -3.80. The molecule has 0 spiro atoms. The molecule has 0 aromatic heterocycles. The van der Waals surface area contributed by atoms with Gasteiger partial charge in [-0.25, -0.2) is 4.79 Å². The number of carbonyl (C=O) groups excluding carboxylic acids is 2. The lowest BCUT2D eigenvalue weighted by molar-refractivity contribution is -0.117. The molecule has 4 N–H and O–H groups in total. The fourth-order valence-electron chi connectivity index (χ4n) is 2.53. The zero-order chi connectivity index (χ0) is 19.8. The lowest BCUT2D eigenvalue weighted by atomic mass is 10.2. The molecule has 3 aromatic rings. The van der Waals surface area contributed by atoms with Gasteiger partial charge in [-0.2, -0.15) is 0 Å². The molecule has 0 aliphatic rings. The van der Waals surface area contributed by atoms with E-state index < -0.39 is 12.1 Å². The maximum Gasteiger partial charge on any atom is 0.319 e. The first-order valence-electron chi connectivity index (χ1n) is 8.96. The summed E-state index contributed by atoms with van der Waals surface area (Å²) in [6.45, 7) is 1.63. The van der Waals surface area contributed by atoms with Crippen molar-refractivity contribution in [3.63, 3.8) is 0 Å². The molecule has 1 atom stereocenters. The van der Waals surface area contributed by atoms with Gasteiger partial charge in [0.2, 0.25) is 5.91 Å². The lowest BCUT2D eigenvalue weighted by Gasteiger charge is -2.15. The number of benzene rings is 3. The first kappa shape index (κ1) is 19.0. The van der Waals surface area contributed by atoms with Crippen molar-refractivity contribution < 1.29 is 9.59 Å². The Morgan fingerprint density at radius 3 is 1.71 bits per heavy atom. The van der Waals surface area contributed by atoms with Crippen molar-refractivity contribution in [1.29, 1.82) is 0 Å². The minimum atomic E-state index is -0.689. The van der Waals surface area contributed by atoms with Crippen LogP contribution < -0.4 is 21.3 Å². The van der Waals surface area contributed by atoms with Crippen LogP contribution in [0.15, 0.2) is 84.9 Å². The second kappa shape index (κ2) is 9.23. The van der Waals surface area contributed by atoms with E-state index in [2.05, 4.69) is 21.3 Å². The number of rotatable bonds is 6. The lowest BCUT2D eigenvalue weighted by Crippen LogP contribution is -2.43. The van der Waals surface area contributed by atoms with Crippen molar-refractivity contribution in [3.8, 4) is 0 Å². The molecular formula is C22H22N4O2. The van der Waals surface area contributed by atoms with Gasteiger partial charge in [0.05, 0.1) is 0 Å². The number of hydrogen-bond acceptors (Lipinski definition) is 3.